The molecule has 3 heteroatoms. The second-order valence-corrected chi connectivity index (χ2v) is 15.4. The summed E-state index contributed by atoms with van der Waals surface area (Å²) in [5.74, 6) is 0. The molecule has 16 heavy (non-hydrogen) atoms. The van der Waals surface area contributed by atoms with Crippen LogP contribution in [0.3, 0.4) is 0 Å². The van der Waals surface area contributed by atoms with E-state index in [1.165, 1.54) is 25.1 Å². The Morgan fingerprint density at radius 3 is 1.56 bits per heavy atom. The van der Waals surface area contributed by atoms with E-state index < -0.39 is 16.5 Å². The highest BCUT2D eigenvalue weighted by atomic mass is 28.4. The van der Waals surface area contributed by atoms with E-state index in [9.17, 15) is 0 Å². The smallest absolute Gasteiger partial charge is 0.119 e. The van der Waals surface area contributed by atoms with Gasteiger partial charge >= 0.3 is 0 Å². The monoisotopic (exact) mass is 255 g/mol. The highest BCUT2D eigenvalue weighted by Gasteiger charge is 2.38. The lowest BCUT2D eigenvalue weighted by molar-refractivity contribution is 0.594. The topological polar surface area (TPSA) is 3.24 Å². The second-order valence-electron chi connectivity index (χ2n) is 5.76. The van der Waals surface area contributed by atoms with E-state index in [-0.39, 0.29) is 0 Å². The van der Waals surface area contributed by atoms with Crippen LogP contribution in [0, 0.1) is 0 Å². The summed E-state index contributed by atoms with van der Waals surface area (Å²) < 4.78 is 2.86. The molecule has 0 amide bonds. The fourth-order valence-electron chi connectivity index (χ4n) is 2.58. The molecule has 0 radical (unpaired) electrons. The third-order valence-corrected chi connectivity index (χ3v) is 12.8. The van der Waals surface area contributed by atoms with Crippen molar-refractivity contribution in [2.24, 2.45) is 0 Å². The third kappa shape index (κ3) is 4.39. The van der Waals surface area contributed by atoms with Crippen molar-refractivity contribution in [1.82, 2.24) is 4.23 Å². The zero-order chi connectivity index (χ0) is 12.8. The molecule has 0 aromatic carbocycles. The highest BCUT2D eigenvalue weighted by Crippen LogP contribution is 2.26. The van der Waals surface area contributed by atoms with Crippen LogP contribution in [0.4, 0.5) is 0 Å². The Kier molecular flexibility index (Phi) is 6.52. The van der Waals surface area contributed by atoms with Crippen molar-refractivity contribution >= 4 is 16.5 Å². The molecule has 0 aliphatic rings. The largest absolute Gasteiger partial charge is 0.345 e. The minimum atomic E-state index is -1.30. The van der Waals surface area contributed by atoms with Gasteiger partial charge in [-0.3, -0.25) is 0 Å². The normalized spacial score (nSPS) is 12.9. The standard InChI is InChI=1S/C13H29NSi2/c1-8-11-14(15(4,5)12-9-2)16(6,7)13-10-3/h9-10H,2-3,8,11-13H2,1,4-7H3. The summed E-state index contributed by atoms with van der Waals surface area (Å²) in [6.45, 7) is 21.3. The van der Waals surface area contributed by atoms with Gasteiger partial charge in [-0.15, -0.1) is 13.2 Å². The maximum atomic E-state index is 3.92. The molecule has 0 fully saturated rings. The van der Waals surface area contributed by atoms with E-state index in [1.54, 1.807) is 0 Å². The zero-order valence-corrected chi connectivity index (χ0v) is 13.8. The molecule has 0 aromatic heterocycles. The van der Waals surface area contributed by atoms with Crippen LogP contribution >= 0.6 is 0 Å². The van der Waals surface area contributed by atoms with E-state index in [0.29, 0.717) is 0 Å². The van der Waals surface area contributed by atoms with Gasteiger partial charge in [0.1, 0.15) is 16.5 Å². The number of hydrogen-bond donors (Lipinski definition) is 0. The van der Waals surface area contributed by atoms with Crippen molar-refractivity contribution in [2.75, 3.05) is 6.54 Å². The maximum absolute atomic E-state index is 3.92. The number of rotatable bonds is 8. The Labute approximate surface area is 104 Å². The lowest BCUT2D eigenvalue weighted by Crippen LogP contribution is -2.61. The van der Waals surface area contributed by atoms with Gasteiger partial charge in [0.2, 0.25) is 0 Å². The lowest BCUT2D eigenvalue weighted by atomic mass is 10.5. The van der Waals surface area contributed by atoms with E-state index in [2.05, 4.69) is 62.7 Å². The van der Waals surface area contributed by atoms with Gasteiger partial charge in [-0.05, 0) is 25.1 Å². The first-order valence-corrected chi connectivity index (χ1v) is 12.6. The van der Waals surface area contributed by atoms with Crippen molar-refractivity contribution in [3.05, 3.63) is 25.3 Å². The van der Waals surface area contributed by atoms with E-state index >= 15 is 0 Å². The molecular formula is C13H29NSi2. The third-order valence-electron chi connectivity index (χ3n) is 3.20. The summed E-state index contributed by atoms with van der Waals surface area (Å²) in [5.41, 5.74) is 0. The number of nitrogens with zero attached hydrogens (tertiary/aromatic N) is 1. The Bertz CT molecular complexity index is 212. The van der Waals surface area contributed by atoms with Crippen LogP contribution in [0.15, 0.2) is 25.3 Å². The molecule has 0 bridgehead atoms. The number of allylic oxidation sites excluding steroid dienone is 2. The molecule has 0 aliphatic heterocycles. The summed E-state index contributed by atoms with van der Waals surface area (Å²) in [6, 6.07) is 2.39. The van der Waals surface area contributed by atoms with Crippen LogP contribution in [0.1, 0.15) is 13.3 Å². The Hall–Kier alpha value is -0.126. The predicted octanol–water partition coefficient (Wildman–Crippen LogP) is 4.48. The first kappa shape index (κ1) is 15.9. The first-order valence-electron chi connectivity index (χ1n) is 6.31. The Morgan fingerprint density at radius 2 is 1.31 bits per heavy atom. The summed E-state index contributed by atoms with van der Waals surface area (Å²) in [7, 11) is -2.59. The second kappa shape index (κ2) is 6.57. The Morgan fingerprint density at radius 1 is 0.938 bits per heavy atom. The molecule has 1 nitrogen and oxygen atoms in total. The fourth-order valence-corrected chi connectivity index (χ4v) is 13.2. The van der Waals surface area contributed by atoms with E-state index in [4.69, 9.17) is 0 Å². The quantitative estimate of drug-likeness (QED) is 0.456. The number of hydrogen-bond acceptors (Lipinski definition) is 1. The van der Waals surface area contributed by atoms with Crippen LogP contribution in [0.2, 0.25) is 38.3 Å². The van der Waals surface area contributed by atoms with Gasteiger partial charge in [-0.25, -0.2) is 0 Å². The van der Waals surface area contributed by atoms with Crippen LogP contribution in [0.25, 0.3) is 0 Å². The van der Waals surface area contributed by atoms with Gasteiger partial charge in [0, 0.05) is 0 Å². The van der Waals surface area contributed by atoms with Crippen molar-refractivity contribution in [1.29, 1.82) is 0 Å². The van der Waals surface area contributed by atoms with Gasteiger partial charge < -0.3 is 4.23 Å². The summed E-state index contributed by atoms with van der Waals surface area (Å²) in [4.78, 5) is 0. The molecule has 0 aliphatic carbocycles. The van der Waals surface area contributed by atoms with Crippen LogP contribution in [0.5, 0.6) is 0 Å². The van der Waals surface area contributed by atoms with Crippen molar-refractivity contribution < 1.29 is 0 Å². The van der Waals surface area contributed by atoms with Gasteiger partial charge in [0.15, 0.2) is 0 Å². The predicted molar refractivity (Wildman–Crippen MR) is 82.0 cm³/mol. The summed E-state index contributed by atoms with van der Waals surface area (Å²) in [6.07, 6.45) is 5.46. The Balaban J connectivity index is 4.96. The molecule has 0 heterocycles. The average molecular weight is 256 g/mol. The van der Waals surface area contributed by atoms with Gasteiger partial charge in [-0.1, -0.05) is 45.3 Å². The van der Waals surface area contributed by atoms with Crippen molar-refractivity contribution in [3.63, 3.8) is 0 Å². The van der Waals surface area contributed by atoms with Crippen LogP contribution in [-0.4, -0.2) is 27.2 Å². The summed E-state index contributed by atoms with van der Waals surface area (Å²) >= 11 is 0. The molecule has 0 spiro atoms. The molecule has 0 saturated carbocycles. The molecule has 0 N–H and O–H groups in total. The minimum Gasteiger partial charge on any atom is -0.345 e. The zero-order valence-electron chi connectivity index (χ0n) is 11.8. The highest BCUT2D eigenvalue weighted by molar-refractivity contribution is 6.91. The molecule has 94 valence electrons. The van der Waals surface area contributed by atoms with E-state index in [1.807, 2.05) is 0 Å². The molecule has 0 atom stereocenters. The van der Waals surface area contributed by atoms with Gasteiger partial charge in [0.25, 0.3) is 0 Å². The minimum absolute atomic E-state index is 1.20. The maximum Gasteiger partial charge on any atom is 0.119 e. The molecule has 0 aromatic rings. The first-order chi connectivity index (χ1) is 7.31. The summed E-state index contributed by atoms with van der Waals surface area (Å²) in [5, 5.41) is 0. The van der Waals surface area contributed by atoms with Crippen LogP contribution in [-0.2, 0) is 0 Å². The van der Waals surface area contributed by atoms with E-state index in [0.717, 1.165) is 0 Å². The lowest BCUT2D eigenvalue weighted by Gasteiger charge is -2.46. The van der Waals surface area contributed by atoms with Crippen molar-refractivity contribution in [3.8, 4) is 0 Å². The molecule has 0 saturated heterocycles. The average Bonchev–Trinajstić information content (AvgIpc) is 2.13. The SMILES string of the molecule is C=CC[Si](C)(C)N(CCC)[Si](C)(C)CC=C. The molecule has 0 unspecified atom stereocenters. The molecular weight excluding hydrogens is 226 g/mol. The van der Waals surface area contributed by atoms with Crippen molar-refractivity contribution in [2.45, 2.75) is 51.6 Å². The fraction of sp³-hybridized carbons (Fsp3) is 0.692. The van der Waals surface area contributed by atoms with Gasteiger partial charge in [-0.2, -0.15) is 0 Å². The van der Waals surface area contributed by atoms with Crippen LogP contribution < -0.4 is 0 Å². The molecule has 0 rings (SSSR count). The van der Waals surface area contributed by atoms with Gasteiger partial charge in [0.05, 0.1) is 0 Å².